The molecule has 0 spiro atoms. The second-order valence-corrected chi connectivity index (χ2v) is 7.16. The van der Waals surface area contributed by atoms with E-state index in [4.69, 9.17) is 0 Å². The van der Waals surface area contributed by atoms with Crippen molar-refractivity contribution in [2.45, 2.75) is 44.2 Å². The van der Waals surface area contributed by atoms with Gasteiger partial charge in [0.05, 0.1) is 0 Å². The van der Waals surface area contributed by atoms with Crippen LogP contribution in [0.25, 0.3) is 0 Å². The molecule has 0 aromatic heterocycles. The largest absolute Gasteiger partial charge is 0.523 e. The topological polar surface area (TPSA) is 43.4 Å². The van der Waals surface area contributed by atoms with Gasteiger partial charge in [0.15, 0.2) is 0 Å². The van der Waals surface area contributed by atoms with E-state index in [9.17, 15) is 21.6 Å². The van der Waals surface area contributed by atoms with Gasteiger partial charge in [-0.3, -0.25) is 4.18 Å². The second kappa shape index (κ2) is 3.50. The van der Waals surface area contributed by atoms with Gasteiger partial charge in [-0.15, -0.1) is 0 Å². The quantitative estimate of drug-likeness (QED) is 0.445. The standard InChI is InChI=1S/C11H15F3O3S/c1-7-9(2,3)8-4-5-10(7,6-8)17-18(15,16)11(12,13)14/h8H,1,4-6H2,2-3H3/t8-,10-/m1/s1. The highest BCUT2D eigenvalue weighted by Gasteiger charge is 2.62. The van der Waals surface area contributed by atoms with E-state index >= 15 is 0 Å². The number of halogens is 3. The summed E-state index contributed by atoms with van der Waals surface area (Å²) in [5, 5.41) is 0. The Kier molecular flexibility index (Phi) is 2.70. The molecule has 0 N–H and O–H groups in total. The zero-order valence-corrected chi connectivity index (χ0v) is 11.0. The van der Waals surface area contributed by atoms with Crippen LogP contribution in [0.15, 0.2) is 12.2 Å². The molecule has 0 saturated heterocycles. The predicted molar refractivity (Wildman–Crippen MR) is 59.1 cm³/mol. The van der Waals surface area contributed by atoms with Crippen molar-refractivity contribution in [3.05, 3.63) is 12.2 Å². The Morgan fingerprint density at radius 2 is 1.94 bits per heavy atom. The first-order chi connectivity index (χ1) is 7.92. The lowest BCUT2D eigenvalue weighted by molar-refractivity contribution is -0.0618. The van der Waals surface area contributed by atoms with Gasteiger partial charge in [-0.05, 0) is 36.2 Å². The van der Waals surface area contributed by atoms with E-state index in [-0.39, 0.29) is 17.8 Å². The van der Waals surface area contributed by atoms with E-state index < -0.39 is 21.2 Å². The SMILES string of the molecule is C=C1C(C)(C)[C@@H]2CC[C@@]1(OS(=O)(=O)C(F)(F)F)C2. The summed E-state index contributed by atoms with van der Waals surface area (Å²) in [6, 6.07) is 0. The maximum Gasteiger partial charge on any atom is 0.523 e. The van der Waals surface area contributed by atoms with Crippen molar-refractivity contribution in [3.8, 4) is 0 Å². The first-order valence-electron chi connectivity index (χ1n) is 5.64. The molecule has 2 saturated carbocycles. The Morgan fingerprint density at radius 1 is 1.39 bits per heavy atom. The highest BCUT2D eigenvalue weighted by atomic mass is 32.2. The molecule has 2 rings (SSSR count). The van der Waals surface area contributed by atoms with Gasteiger partial charge in [-0.1, -0.05) is 20.4 Å². The van der Waals surface area contributed by atoms with Crippen LogP contribution in [0.5, 0.6) is 0 Å². The van der Waals surface area contributed by atoms with Gasteiger partial charge in [-0.25, -0.2) is 0 Å². The summed E-state index contributed by atoms with van der Waals surface area (Å²) < 4.78 is 64.0. The summed E-state index contributed by atoms with van der Waals surface area (Å²) in [6.07, 6.45) is 1.25. The van der Waals surface area contributed by atoms with Crippen LogP contribution in [0.4, 0.5) is 13.2 Å². The van der Waals surface area contributed by atoms with Crippen LogP contribution in [0.2, 0.25) is 0 Å². The Labute approximate surface area is 104 Å². The molecule has 2 aliphatic rings. The van der Waals surface area contributed by atoms with Crippen molar-refractivity contribution >= 4 is 10.1 Å². The van der Waals surface area contributed by atoms with Gasteiger partial charge >= 0.3 is 15.6 Å². The maximum absolute atomic E-state index is 12.4. The average molecular weight is 284 g/mol. The molecular weight excluding hydrogens is 269 g/mol. The van der Waals surface area contributed by atoms with Crippen molar-refractivity contribution < 1.29 is 25.8 Å². The molecule has 2 fully saturated rings. The van der Waals surface area contributed by atoms with Gasteiger partial charge in [0, 0.05) is 0 Å². The van der Waals surface area contributed by atoms with E-state index in [0.717, 1.165) is 0 Å². The molecule has 2 aliphatic carbocycles. The summed E-state index contributed by atoms with van der Waals surface area (Å²) in [5.74, 6) is 0.133. The summed E-state index contributed by atoms with van der Waals surface area (Å²) >= 11 is 0. The van der Waals surface area contributed by atoms with E-state index in [2.05, 4.69) is 10.8 Å². The van der Waals surface area contributed by atoms with Crippen LogP contribution in [0, 0.1) is 11.3 Å². The second-order valence-electron chi connectivity index (χ2n) is 5.62. The van der Waals surface area contributed by atoms with Crippen molar-refractivity contribution in [1.29, 1.82) is 0 Å². The van der Waals surface area contributed by atoms with Crippen LogP contribution in [0.1, 0.15) is 33.1 Å². The molecule has 0 radical (unpaired) electrons. The monoisotopic (exact) mass is 284 g/mol. The number of fused-ring (bicyclic) bond motifs is 2. The number of hydrogen-bond acceptors (Lipinski definition) is 3. The number of hydrogen-bond donors (Lipinski definition) is 0. The molecule has 18 heavy (non-hydrogen) atoms. The Morgan fingerprint density at radius 3 is 2.33 bits per heavy atom. The predicted octanol–water partition coefficient (Wildman–Crippen LogP) is 2.99. The van der Waals surface area contributed by atoms with Gasteiger partial charge < -0.3 is 0 Å². The average Bonchev–Trinajstić information content (AvgIpc) is 2.65. The fraction of sp³-hybridized carbons (Fsp3) is 0.818. The summed E-state index contributed by atoms with van der Waals surface area (Å²) in [7, 11) is -5.57. The molecule has 0 heterocycles. The molecule has 0 unspecified atom stereocenters. The van der Waals surface area contributed by atoms with Crippen molar-refractivity contribution in [1.82, 2.24) is 0 Å². The van der Waals surface area contributed by atoms with Crippen molar-refractivity contribution in [2.75, 3.05) is 0 Å². The van der Waals surface area contributed by atoms with Gasteiger partial charge in [0.25, 0.3) is 0 Å². The molecule has 7 heteroatoms. The molecule has 3 nitrogen and oxygen atoms in total. The number of alkyl halides is 3. The third kappa shape index (κ3) is 1.71. The molecule has 104 valence electrons. The molecule has 0 aromatic carbocycles. The van der Waals surface area contributed by atoms with Crippen molar-refractivity contribution in [2.24, 2.45) is 11.3 Å². The van der Waals surface area contributed by atoms with Crippen LogP contribution < -0.4 is 0 Å². The molecular formula is C11H15F3O3S. The normalized spacial score (nSPS) is 35.2. The summed E-state index contributed by atoms with van der Waals surface area (Å²) in [5.41, 5.74) is -6.66. The zero-order valence-electron chi connectivity index (χ0n) is 10.2. The van der Waals surface area contributed by atoms with Gasteiger partial charge in [0.1, 0.15) is 5.60 Å². The smallest absolute Gasteiger partial charge is 0.252 e. The number of rotatable bonds is 2. The molecule has 2 atom stereocenters. The molecule has 0 aliphatic heterocycles. The fourth-order valence-corrected chi connectivity index (χ4v) is 3.88. The minimum absolute atomic E-state index is 0.133. The third-order valence-corrected chi connectivity index (χ3v) is 5.48. The first kappa shape index (κ1) is 13.9. The fourth-order valence-electron chi connectivity index (χ4n) is 3.12. The van der Waals surface area contributed by atoms with Crippen LogP contribution in [-0.4, -0.2) is 19.5 Å². The van der Waals surface area contributed by atoms with Gasteiger partial charge in [-0.2, -0.15) is 21.6 Å². The van der Waals surface area contributed by atoms with E-state index in [0.29, 0.717) is 18.4 Å². The van der Waals surface area contributed by atoms with Crippen LogP contribution in [-0.2, 0) is 14.3 Å². The Hall–Kier alpha value is -0.560. The third-order valence-electron chi connectivity index (χ3n) is 4.37. The van der Waals surface area contributed by atoms with Gasteiger partial charge in [0.2, 0.25) is 0 Å². The lowest BCUT2D eigenvalue weighted by atomic mass is 9.72. The van der Waals surface area contributed by atoms with E-state index in [1.54, 1.807) is 0 Å². The highest BCUT2D eigenvalue weighted by Crippen LogP contribution is 2.62. The lowest BCUT2D eigenvalue weighted by Crippen LogP contribution is -2.40. The summed E-state index contributed by atoms with van der Waals surface area (Å²) in [4.78, 5) is 0. The minimum atomic E-state index is -5.57. The minimum Gasteiger partial charge on any atom is -0.252 e. The van der Waals surface area contributed by atoms with Crippen LogP contribution >= 0.6 is 0 Å². The lowest BCUT2D eigenvalue weighted by Gasteiger charge is -2.37. The van der Waals surface area contributed by atoms with Crippen molar-refractivity contribution in [3.63, 3.8) is 0 Å². The van der Waals surface area contributed by atoms with E-state index in [1.807, 2.05) is 13.8 Å². The summed E-state index contributed by atoms with van der Waals surface area (Å²) in [6.45, 7) is 7.50. The van der Waals surface area contributed by atoms with E-state index in [1.165, 1.54) is 0 Å². The highest BCUT2D eigenvalue weighted by molar-refractivity contribution is 7.87. The Bertz CT molecular complexity index is 492. The molecule has 0 amide bonds. The molecule has 0 aromatic rings. The molecule has 2 bridgehead atoms. The Balaban J connectivity index is 2.34. The maximum atomic E-state index is 12.4. The zero-order chi connectivity index (χ0) is 14.0. The van der Waals surface area contributed by atoms with Crippen LogP contribution in [0.3, 0.4) is 0 Å². The first-order valence-corrected chi connectivity index (χ1v) is 7.05.